The van der Waals surface area contributed by atoms with Gasteiger partial charge in [0.25, 0.3) is 5.91 Å². The molecule has 0 unspecified atom stereocenters. The molecule has 2 aromatic carbocycles. The van der Waals surface area contributed by atoms with Crippen molar-refractivity contribution in [2.45, 2.75) is 6.42 Å². The molecule has 0 saturated carbocycles. The van der Waals surface area contributed by atoms with Gasteiger partial charge in [-0.1, -0.05) is 40.9 Å². The van der Waals surface area contributed by atoms with Crippen LogP contribution in [0.2, 0.25) is 15.1 Å². The molecule has 2 nitrogen and oxygen atoms in total. The van der Waals surface area contributed by atoms with Crippen molar-refractivity contribution in [2.75, 3.05) is 6.54 Å². The summed E-state index contributed by atoms with van der Waals surface area (Å²) in [6, 6.07) is 10.4. The topological polar surface area (TPSA) is 29.1 Å². The highest BCUT2D eigenvalue weighted by Crippen LogP contribution is 2.22. The first-order valence-electron chi connectivity index (χ1n) is 6.14. The van der Waals surface area contributed by atoms with E-state index in [9.17, 15) is 4.79 Å². The summed E-state index contributed by atoms with van der Waals surface area (Å²) in [6.07, 6.45) is 0.625. The predicted octanol–water partition coefficient (Wildman–Crippen LogP) is 5.38. The van der Waals surface area contributed by atoms with Crippen molar-refractivity contribution in [1.29, 1.82) is 0 Å². The van der Waals surface area contributed by atoms with E-state index in [1.54, 1.807) is 30.3 Å². The zero-order valence-corrected chi connectivity index (χ0v) is 14.7. The molecule has 0 atom stereocenters. The number of hydrogen-bond donors (Lipinski definition) is 1. The van der Waals surface area contributed by atoms with Crippen molar-refractivity contribution in [3.8, 4) is 0 Å². The van der Waals surface area contributed by atoms with Crippen molar-refractivity contribution in [2.24, 2.45) is 0 Å². The monoisotopic (exact) mass is 405 g/mol. The fraction of sp³-hybridized carbons (Fsp3) is 0.133. The first kappa shape index (κ1) is 16.6. The standard InChI is InChI=1S/C15H11BrCl3NO/c16-13-4-3-10(17)7-12(13)15(21)20-6-5-9-1-2-11(18)8-14(9)19/h1-4,7-8H,5-6H2,(H,20,21). The fourth-order valence-corrected chi connectivity index (χ4v) is 2.90. The van der Waals surface area contributed by atoms with Gasteiger partial charge in [0.05, 0.1) is 5.56 Å². The van der Waals surface area contributed by atoms with Gasteiger partial charge < -0.3 is 5.32 Å². The van der Waals surface area contributed by atoms with Crippen molar-refractivity contribution < 1.29 is 4.79 Å². The van der Waals surface area contributed by atoms with Gasteiger partial charge in [-0.15, -0.1) is 0 Å². The minimum absolute atomic E-state index is 0.186. The van der Waals surface area contributed by atoms with Crippen LogP contribution in [0.5, 0.6) is 0 Å². The minimum atomic E-state index is -0.186. The molecule has 0 saturated heterocycles. The smallest absolute Gasteiger partial charge is 0.252 e. The van der Waals surface area contributed by atoms with E-state index >= 15 is 0 Å². The molecule has 1 N–H and O–H groups in total. The lowest BCUT2D eigenvalue weighted by Crippen LogP contribution is -2.26. The molecule has 21 heavy (non-hydrogen) atoms. The molecule has 110 valence electrons. The molecule has 6 heteroatoms. The Hall–Kier alpha value is -0.740. The Bertz CT molecular complexity index is 676. The first-order valence-corrected chi connectivity index (χ1v) is 8.07. The average Bonchev–Trinajstić information content (AvgIpc) is 2.43. The Kier molecular flexibility index (Phi) is 5.94. The van der Waals surface area contributed by atoms with Crippen molar-refractivity contribution in [3.05, 3.63) is 67.1 Å². The van der Waals surface area contributed by atoms with Crippen LogP contribution in [0.1, 0.15) is 15.9 Å². The van der Waals surface area contributed by atoms with Crippen LogP contribution in [0.3, 0.4) is 0 Å². The molecule has 0 aromatic heterocycles. The number of hydrogen-bond acceptors (Lipinski definition) is 1. The maximum atomic E-state index is 12.1. The second-order valence-corrected chi connectivity index (χ2v) is 6.50. The lowest BCUT2D eigenvalue weighted by Gasteiger charge is -2.08. The third-order valence-corrected chi connectivity index (χ3v) is 4.38. The van der Waals surface area contributed by atoms with Crippen LogP contribution in [0, 0.1) is 0 Å². The van der Waals surface area contributed by atoms with Crippen LogP contribution in [0.4, 0.5) is 0 Å². The quantitative estimate of drug-likeness (QED) is 0.724. The minimum Gasteiger partial charge on any atom is -0.352 e. The molecule has 1 amide bonds. The molecule has 0 bridgehead atoms. The Morgan fingerprint density at radius 1 is 1.05 bits per heavy atom. The Morgan fingerprint density at radius 2 is 1.71 bits per heavy atom. The average molecular weight is 408 g/mol. The van der Waals surface area contributed by atoms with E-state index in [-0.39, 0.29) is 5.91 Å². The van der Waals surface area contributed by atoms with E-state index in [4.69, 9.17) is 34.8 Å². The number of benzene rings is 2. The van der Waals surface area contributed by atoms with Crippen molar-refractivity contribution >= 4 is 56.6 Å². The van der Waals surface area contributed by atoms with Crippen molar-refractivity contribution in [3.63, 3.8) is 0 Å². The molecule has 2 rings (SSSR count). The lowest BCUT2D eigenvalue weighted by atomic mass is 10.1. The second kappa shape index (κ2) is 7.50. The van der Waals surface area contributed by atoms with Gasteiger partial charge in [-0.25, -0.2) is 0 Å². The zero-order valence-electron chi connectivity index (χ0n) is 10.8. The van der Waals surface area contributed by atoms with Crippen molar-refractivity contribution in [1.82, 2.24) is 5.32 Å². The summed E-state index contributed by atoms with van der Waals surface area (Å²) in [6.45, 7) is 0.471. The highest BCUT2D eigenvalue weighted by Gasteiger charge is 2.10. The number of carbonyl (C=O) groups excluding carboxylic acids is 1. The molecule has 0 aliphatic rings. The predicted molar refractivity (Wildman–Crippen MR) is 91.7 cm³/mol. The van der Waals surface area contributed by atoms with E-state index in [1.807, 2.05) is 6.07 Å². The van der Waals surface area contributed by atoms with Gasteiger partial charge in [0.15, 0.2) is 0 Å². The van der Waals surface area contributed by atoms with Gasteiger partial charge in [0.1, 0.15) is 0 Å². The lowest BCUT2D eigenvalue weighted by molar-refractivity contribution is 0.0953. The van der Waals surface area contributed by atoms with Crippen LogP contribution in [0.15, 0.2) is 40.9 Å². The summed E-state index contributed by atoms with van der Waals surface area (Å²) in [4.78, 5) is 12.1. The van der Waals surface area contributed by atoms with E-state index in [0.717, 1.165) is 5.56 Å². The molecular formula is C15H11BrCl3NO. The molecule has 0 radical (unpaired) electrons. The maximum Gasteiger partial charge on any atom is 0.252 e. The molecular weight excluding hydrogens is 396 g/mol. The van der Waals surface area contributed by atoms with E-state index in [0.29, 0.717) is 38.1 Å². The number of carbonyl (C=O) groups is 1. The van der Waals surface area contributed by atoms with E-state index < -0.39 is 0 Å². The summed E-state index contributed by atoms with van der Waals surface area (Å²) in [5.74, 6) is -0.186. The van der Waals surface area contributed by atoms with Gasteiger partial charge in [0, 0.05) is 26.1 Å². The number of amides is 1. The number of halogens is 4. The van der Waals surface area contributed by atoms with Crippen LogP contribution in [-0.4, -0.2) is 12.5 Å². The summed E-state index contributed by atoms with van der Waals surface area (Å²) in [7, 11) is 0. The van der Waals surface area contributed by atoms with Crippen LogP contribution >= 0.6 is 50.7 Å². The largest absolute Gasteiger partial charge is 0.352 e. The maximum absolute atomic E-state index is 12.1. The highest BCUT2D eigenvalue weighted by molar-refractivity contribution is 9.10. The van der Waals surface area contributed by atoms with Crippen LogP contribution in [0.25, 0.3) is 0 Å². The van der Waals surface area contributed by atoms with E-state index in [2.05, 4.69) is 21.2 Å². The van der Waals surface area contributed by atoms with Crippen LogP contribution in [-0.2, 0) is 6.42 Å². The first-order chi connectivity index (χ1) is 9.97. The fourth-order valence-electron chi connectivity index (χ4n) is 1.80. The molecule has 2 aromatic rings. The third kappa shape index (κ3) is 4.62. The third-order valence-electron chi connectivity index (χ3n) is 2.87. The molecule has 0 heterocycles. The van der Waals surface area contributed by atoms with Gasteiger partial charge in [0.2, 0.25) is 0 Å². The number of rotatable bonds is 4. The summed E-state index contributed by atoms with van der Waals surface area (Å²) < 4.78 is 0.703. The Balaban J connectivity index is 1.97. The van der Waals surface area contributed by atoms with Gasteiger partial charge >= 0.3 is 0 Å². The Labute approximate surface area is 146 Å². The summed E-state index contributed by atoms with van der Waals surface area (Å²) in [5.41, 5.74) is 1.44. The normalized spacial score (nSPS) is 10.5. The van der Waals surface area contributed by atoms with Gasteiger partial charge in [-0.3, -0.25) is 4.79 Å². The van der Waals surface area contributed by atoms with E-state index in [1.165, 1.54) is 0 Å². The number of nitrogens with one attached hydrogen (secondary N) is 1. The second-order valence-electron chi connectivity index (χ2n) is 4.37. The molecule has 0 spiro atoms. The zero-order chi connectivity index (χ0) is 15.4. The SMILES string of the molecule is O=C(NCCc1ccc(Cl)cc1Cl)c1cc(Cl)ccc1Br. The van der Waals surface area contributed by atoms with Crippen LogP contribution < -0.4 is 5.32 Å². The molecule has 0 aliphatic carbocycles. The highest BCUT2D eigenvalue weighted by atomic mass is 79.9. The summed E-state index contributed by atoms with van der Waals surface area (Å²) in [5, 5.41) is 4.55. The summed E-state index contributed by atoms with van der Waals surface area (Å²) >= 11 is 21.2. The van der Waals surface area contributed by atoms with Gasteiger partial charge in [-0.2, -0.15) is 0 Å². The Morgan fingerprint density at radius 3 is 2.43 bits per heavy atom. The van der Waals surface area contributed by atoms with Gasteiger partial charge in [-0.05, 0) is 58.2 Å². The molecule has 0 aliphatic heterocycles. The molecule has 0 fully saturated rings.